The second-order valence-corrected chi connectivity index (χ2v) is 7.91. The van der Waals surface area contributed by atoms with Crippen LogP contribution in [0, 0.1) is 5.82 Å². The molecule has 0 aliphatic rings. The van der Waals surface area contributed by atoms with Crippen molar-refractivity contribution in [2.75, 3.05) is 5.32 Å². The molecule has 0 aliphatic carbocycles. The van der Waals surface area contributed by atoms with E-state index in [1.807, 2.05) is 30.3 Å². The zero-order chi connectivity index (χ0) is 20.0. The topological polar surface area (TPSA) is 67.4 Å². The van der Waals surface area contributed by atoms with Crippen molar-refractivity contribution in [1.82, 2.24) is 5.32 Å². The van der Waals surface area contributed by atoms with Gasteiger partial charge < -0.3 is 15.4 Å². The SMILES string of the molecule is CC(C)(C)OC(=O)C(Cc1ccccc1)NC(=O)Nc1ccc(Br)cc1F. The average Bonchev–Trinajstić information content (AvgIpc) is 2.56. The number of carbonyl (C=O) groups is 2. The summed E-state index contributed by atoms with van der Waals surface area (Å²) in [5, 5.41) is 4.99. The Labute approximate surface area is 166 Å². The Balaban J connectivity index is 2.12. The smallest absolute Gasteiger partial charge is 0.329 e. The predicted molar refractivity (Wildman–Crippen MR) is 106 cm³/mol. The quantitative estimate of drug-likeness (QED) is 0.669. The summed E-state index contributed by atoms with van der Waals surface area (Å²) in [5.74, 6) is -1.14. The van der Waals surface area contributed by atoms with Crippen molar-refractivity contribution >= 4 is 33.6 Å². The molecule has 2 aromatic carbocycles. The lowest BCUT2D eigenvalue weighted by Crippen LogP contribution is -2.47. The van der Waals surface area contributed by atoms with Crippen LogP contribution in [0.2, 0.25) is 0 Å². The van der Waals surface area contributed by atoms with Gasteiger partial charge in [-0.15, -0.1) is 0 Å². The lowest BCUT2D eigenvalue weighted by molar-refractivity contribution is -0.157. The van der Waals surface area contributed by atoms with E-state index < -0.39 is 29.5 Å². The maximum absolute atomic E-state index is 13.9. The third kappa shape index (κ3) is 7.02. The van der Waals surface area contributed by atoms with Gasteiger partial charge in [0, 0.05) is 10.9 Å². The van der Waals surface area contributed by atoms with Crippen LogP contribution in [0.4, 0.5) is 14.9 Å². The largest absolute Gasteiger partial charge is 0.458 e. The van der Waals surface area contributed by atoms with E-state index in [2.05, 4.69) is 26.6 Å². The minimum atomic E-state index is -0.912. The first-order valence-electron chi connectivity index (χ1n) is 8.43. The van der Waals surface area contributed by atoms with Crippen LogP contribution < -0.4 is 10.6 Å². The van der Waals surface area contributed by atoms with E-state index >= 15 is 0 Å². The van der Waals surface area contributed by atoms with E-state index in [1.54, 1.807) is 26.8 Å². The maximum Gasteiger partial charge on any atom is 0.329 e. The number of hydrogen-bond acceptors (Lipinski definition) is 3. The van der Waals surface area contributed by atoms with Gasteiger partial charge in [0.05, 0.1) is 5.69 Å². The van der Waals surface area contributed by atoms with Crippen molar-refractivity contribution in [1.29, 1.82) is 0 Å². The summed E-state index contributed by atoms with van der Waals surface area (Å²) in [6, 6.07) is 11.9. The molecule has 0 spiro atoms. The standard InChI is InChI=1S/C20H22BrFN2O3/c1-20(2,3)27-18(25)17(11-13-7-5-4-6-8-13)24-19(26)23-16-10-9-14(21)12-15(16)22/h4-10,12,17H,11H2,1-3H3,(H2,23,24,26). The van der Waals surface area contributed by atoms with Gasteiger partial charge in [-0.3, -0.25) is 0 Å². The summed E-state index contributed by atoms with van der Waals surface area (Å²) in [5.41, 5.74) is 0.184. The minimum absolute atomic E-state index is 0.0124. The van der Waals surface area contributed by atoms with Crippen LogP contribution in [0.15, 0.2) is 53.0 Å². The van der Waals surface area contributed by atoms with E-state index in [0.717, 1.165) is 5.56 Å². The number of rotatable bonds is 5. The Morgan fingerprint density at radius 2 is 1.81 bits per heavy atom. The number of esters is 1. The number of halogens is 2. The van der Waals surface area contributed by atoms with Crippen molar-refractivity contribution in [3.8, 4) is 0 Å². The Kier molecular flexibility index (Phi) is 6.96. The van der Waals surface area contributed by atoms with Crippen LogP contribution in [0.3, 0.4) is 0 Å². The van der Waals surface area contributed by atoms with Crippen molar-refractivity contribution in [2.45, 2.75) is 38.8 Å². The Morgan fingerprint density at radius 3 is 2.41 bits per heavy atom. The van der Waals surface area contributed by atoms with Crippen molar-refractivity contribution in [3.63, 3.8) is 0 Å². The summed E-state index contributed by atoms with van der Waals surface area (Å²) in [4.78, 5) is 24.8. The Morgan fingerprint density at radius 1 is 1.15 bits per heavy atom. The van der Waals surface area contributed by atoms with Crippen molar-refractivity contribution < 1.29 is 18.7 Å². The molecule has 7 heteroatoms. The van der Waals surface area contributed by atoms with Gasteiger partial charge in [-0.1, -0.05) is 46.3 Å². The van der Waals surface area contributed by atoms with Crippen LogP contribution in [0.25, 0.3) is 0 Å². The molecule has 1 atom stereocenters. The fourth-order valence-electron chi connectivity index (χ4n) is 2.32. The molecule has 0 heterocycles. The van der Waals surface area contributed by atoms with Gasteiger partial charge >= 0.3 is 12.0 Å². The lowest BCUT2D eigenvalue weighted by Gasteiger charge is -2.24. The number of anilines is 1. The summed E-state index contributed by atoms with van der Waals surface area (Å²) < 4.78 is 19.9. The number of carbonyl (C=O) groups excluding carboxylic acids is 2. The molecular formula is C20H22BrFN2O3. The number of amides is 2. The molecule has 0 fully saturated rings. The first kappa shape index (κ1) is 20.9. The first-order chi connectivity index (χ1) is 12.6. The molecule has 144 valence electrons. The molecule has 0 saturated heterocycles. The lowest BCUT2D eigenvalue weighted by atomic mass is 10.1. The molecule has 0 saturated carbocycles. The zero-order valence-electron chi connectivity index (χ0n) is 15.4. The van der Waals surface area contributed by atoms with Crippen molar-refractivity contribution in [3.05, 3.63) is 64.4 Å². The highest BCUT2D eigenvalue weighted by Crippen LogP contribution is 2.19. The van der Waals surface area contributed by atoms with E-state index in [4.69, 9.17) is 4.74 Å². The molecule has 2 aromatic rings. The second kappa shape index (κ2) is 8.99. The molecule has 5 nitrogen and oxygen atoms in total. The van der Waals surface area contributed by atoms with Crippen LogP contribution >= 0.6 is 15.9 Å². The van der Waals surface area contributed by atoms with Gasteiger partial charge in [0.2, 0.25) is 0 Å². The van der Waals surface area contributed by atoms with Gasteiger partial charge in [0.1, 0.15) is 17.5 Å². The number of benzene rings is 2. The highest BCUT2D eigenvalue weighted by molar-refractivity contribution is 9.10. The van der Waals surface area contributed by atoms with Crippen LogP contribution in [-0.4, -0.2) is 23.6 Å². The van der Waals surface area contributed by atoms with E-state index in [-0.39, 0.29) is 12.1 Å². The molecule has 0 aliphatic heterocycles. The molecule has 1 unspecified atom stereocenters. The van der Waals surface area contributed by atoms with E-state index in [9.17, 15) is 14.0 Å². The summed E-state index contributed by atoms with van der Waals surface area (Å²) in [6.45, 7) is 5.26. The molecule has 2 rings (SSSR count). The molecule has 2 amide bonds. The van der Waals surface area contributed by atoms with Crippen LogP contribution in [0.1, 0.15) is 26.3 Å². The van der Waals surface area contributed by atoms with Gasteiger partial charge in [0.15, 0.2) is 0 Å². The summed E-state index contributed by atoms with van der Waals surface area (Å²) in [6.07, 6.45) is 0.256. The zero-order valence-corrected chi connectivity index (χ0v) is 17.0. The first-order valence-corrected chi connectivity index (χ1v) is 9.23. The number of hydrogen-bond donors (Lipinski definition) is 2. The molecule has 0 radical (unpaired) electrons. The van der Waals surface area contributed by atoms with Crippen LogP contribution in [0.5, 0.6) is 0 Å². The predicted octanol–water partition coefficient (Wildman–Crippen LogP) is 4.66. The summed E-state index contributed by atoms with van der Waals surface area (Å²) >= 11 is 3.16. The van der Waals surface area contributed by atoms with Gasteiger partial charge in [0.25, 0.3) is 0 Å². The van der Waals surface area contributed by atoms with E-state index in [1.165, 1.54) is 12.1 Å². The number of nitrogens with one attached hydrogen (secondary N) is 2. The normalized spacial score (nSPS) is 12.2. The summed E-state index contributed by atoms with van der Waals surface area (Å²) in [7, 11) is 0. The van der Waals surface area contributed by atoms with Gasteiger partial charge in [-0.25, -0.2) is 14.0 Å². The maximum atomic E-state index is 13.9. The molecule has 27 heavy (non-hydrogen) atoms. The van der Waals surface area contributed by atoms with Gasteiger partial charge in [-0.05, 0) is 44.5 Å². The number of ether oxygens (including phenoxy) is 1. The van der Waals surface area contributed by atoms with Gasteiger partial charge in [-0.2, -0.15) is 0 Å². The fourth-order valence-corrected chi connectivity index (χ4v) is 2.66. The highest BCUT2D eigenvalue weighted by Gasteiger charge is 2.27. The van der Waals surface area contributed by atoms with Crippen LogP contribution in [-0.2, 0) is 16.0 Å². The Bertz CT molecular complexity index is 807. The fraction of sp³-hybridized carbons (Fsp3) is 0.300. The Hall–Kier alpha value is -2.41. The molecule has 2 N–H and O–H groups in total. The molecule has 0 aromatic heterocycles. The molecular weight excluding hydrogens is 415 g/mol. The highest BCUT2D eigenvalue weighted by atomic mass is 79.9. The second-order valence-electron chi connectivity index (χ2n) is 7.00. The minimum Gasteiger partial charge on any atom is -0.458 e. The average molecular weight is 437 g/mol. The number of urea groups is 1. The van der Waals surface area contributed by atoms with E-state index in [0.29, 0.717) is 4.47 Å². The monoisotopic (exact) mass is 436 g/mol. The molecule has 0 bridgehead atoms. The third-order valence-electron chi connectivity index (χ3n) is 3.46. The third-order valence-corrected chi connectivity index (χ3v) is 3.95. The van der Waals surface area contributed by atoms with Crippen molar-refractivity contribution in [2.24, 2.45) is 0 Å².